The lowest BCUT2D eigenvalue weighted by molar-refractivity contribution is -0.297. The lowest BCUT2D eigenvalue weighted by atomic mass is 10.0. The Bertz CT molecular complexity index is 706. The predicted molar refractivity (Wildman–Crippen MR) is 88.3 cm³/mol. The zero-order valence-corrected chi connectivity index (χ0v) is 14.8. The van der Waals surface area contributed by atoms with Gasteiger partial charge in [0, 0.05) is 17.7 Å². The Morgan fingerprint density at radius 3 is 2.50 bits per heavy atom. The Labute approximate surface area is 149 Å². The summed E-state index contributed by atoms with van der Waals surface area (Å²) in [5.74, 6) is -0.566. The standard InChI is InChI=1S/C17H21F3N2O4/c1-4-5-6-12-10-16(24,17(18,19)20)22(21-12)15(23)11-7-8-13(25-2)14(9-11)26-3/h7-9,24H,4-6,10H2,1-3H3/t16-/m0/s1. The number of halogens is 3. The molecule has 9 heteroatoms. The third-order valence-electron chi connectivity index (χ3n) is 4.14. The minimum Gasteiger partial charge on any atom is -0.493 e. The number of aliphatic hydroxyl groups is 1. The molecule has 2 rings (SSSR count). The van der Waals surface area contributed by atoms with Gasteiger partial charge in [-0.3, -0.25) is 4.79 Å². The van der Waals surface area contributed by atoms with Crippen LogP contribution in [0.25, 0.3) is 0 Å². The average Bonchev–Trinajstić information content (AvgIpc) is 2.96. The van der Waals surface area contributed by atoms with Crippen LogP contribution in [0.4, 0.5) is 13.2 Å². The maximum absolute atomic E-state index is 13.5. The van der Waals surface area contributed by atoms with Crippen molar-refractivity contribution in [3.8, 4) is 11.5 Å². The summed E-state index contributed by atoms with van der Waals surface area (Å²) in [6, 6.07) is 3.94. The molecule has 0 spiro atoms. The first-order chi connectivity index (χ1) is 12.2. The molecule has 1 aliphatic heterocycles. The van der Waals surface area contributed by atoms with Crippen LogP contribution in [0.5, 0.6) is 11.5 Å². The van der Waals surface area contributed by atoms with Gasteiger partial charge in [0.15, 0.2) is 11.5 Å². The first-order valence-electron chi connectivity index (χ1n) is 8.10. The normalized spacial score (nSPS) is 20.1. The number of carbonyl (C=O) groups excluding carboxylic acids is 1. The molecule has 1 heterocycles. The van der Waals surface area contributed by atoms with Crippen molar-refractivity contribution in [3.63, 3.8) is 0 Å². The SMILES string of the molecule is CCCCC1=NN(C(=O)c2ccc(OC)c(OC)c2)[C@@](O)(C(F)(F)F)C1. The van der Waals surface area contributed by atoms with Crippen LogP contribution in [-0.4, -0.2) is 47.9 Å². The smallest absolute Gasteiger partial charge is 0.438 e. The second-order valence-corrected chi connectivity index (χ2v) is 5.95. The number of unbranched alkanes of at least 4 members (excludes halogenated alkanes) is 1. The van der Waals surface area contributed by atoms with Crippen LogP contribution in [0.3, 0.4) is 0 Å². The summed E-state index contributed by atoms with van der Waals surface area (Å²) in [5.41, 5.74) is -3.33. The van der Waals surface area contributed by atoms with Gasteiger partial charge in [0.2, 0.25) is 0 Å². The van der Waals surface area contributed by atoms with E-state index in [-0.39, 0.29) is 28.5 Å². The maximum Gasteiger partial charge on any atom is 0.438 e. The minimum atomic E-state index is -5.04. The average molecular weight is 374 g/mol. The van der Waals surface area contributed by atoms with Crippen molar-refractivity contribution in [2.75, 3.05) is 14.2 Å². The second kappa shape index (κ2) is 7.53. The monoisotopic (exact) mass is 374 g/mol. The molecule has 26 heavy (non-hydrogen) atoms. The summed E-state index contributed by atoms with van der Waals surface area (Å²) in [4.78, 5) is 12.7. The van der Waals surface area contributed by atoms with E-state index in [1.165, 1.54) is 32.4 Å². The van der Waals surface area contributed by atoms with Gasteiger partial charge in [0.05, 0.1) is 14.2 Å². The Balaban J connectivity index is 2.41. The van der Waals surface area contributed by atoms with E-state index in [1.807, 2.05) is 6.92 Å². The highest BCUT2D eigenvalue weighted by atomic mass is 19.4. The van der Waals surface area contributed by atoms with Crippen molar-refractivity contribution in [2.24, 2.45) is 5.10 Å². The van der Waals surface area contributed by atoms with E-state index < -0.39 is 24.2 Å². The predicted octanol–water partition coefficient (Wildman–Crippen LogP) is 3.35. The first kappa shape index (κ1) is 20.0. The molecule has 6 nitrogen and oxygen atoms in total. The lowest BCUT2D eigenvalue weighted by Gasteiger charge is -2.32. The van der Waals surface area contributed by atoms with Crippen LogP contribution < -0.4 is 9.47 Å². The highest BCUT2D eigenvalue weighted by Crippen LogP contribution is 2.42. The van der Waals surface area contributed by atoms with Crippen molar-refractivity contribution >= 4 is 11.6 Å². The zero-order valence-electron chi connectivity index (χ0n) is 14.8. The van der Waals surface area contributed by atoms with Gasteiger partial charge in [-0.2, -0.15) is 23.3 Å². The molecular weight excluding hydrogens is 353 g/mol. The fourth-order valence-electron chi connectivity index (χ4n) is 2.66. The summed E-state index contributed by atoms with van der Waals surface area (Å²) >= 11 is 0. The molecule has 1 N–H and O–H groups in total. The third-order valence-corrected chi connectivity index (χ3v) is 4.14. The molecule has 0 bridgehead atoms. The van der Waals surface area contributed by atoms with Crippen molar-refractivity contribution in [1.29, 1.82) is 0 Å². The van der Waals surface area contributed by atoms with Gasteiger partial charge in [-0.25, -0.2) is 0 Å². The van der Waals surface area contributed by atoms with Gasteiger partial charge in [-0.15, -0.1) is 0 Å². The van der Waals surface area contributed by atoms with E-state index in [0.29, 0.717) is 12.2 Å². The van der Waals surface area contributed by atoms with Crippen molar-refractivity contribution < 1.29 is 32.5 Å². The number of carbonyl (C=O) groups is 1. The number of benzene rings is 1. The van der Waals surface area contributed by atoms with Crippen LogP contribution >= 0.6 is 0 Å². The Morgan fingerprint density at radius 1 is 1.31 bits per heavy atom. The first-order valence-corrected chi connectivity index (χ1v) is 8.10. The number of hydrogen-bond acceptors (Lipinski definition) is 5. The topological polar surface area (TPSA) is 71.4 Å². The Hall–Kier alpha value is -2.29. The van der Waals surface area contributed by atoms with Crippen LogP contribution in [-0.2, 0) is 0 Å². The van der Waals surface area contributed by atoms with Gasteiger partial charge in [0.25, 0.3) is 11.6 Å². The van der Waals surface area contributed by atoms with Gasteiger partial charge in [-0.05, 0) is 31.0 Å². The molecule has 1 aromatic carbocycles. The fraction of sp³-hybridized carbons (Fsp3) is 0.529. The quantitative estimate of drug-likeness (QED) is 0.829. The van der Waals surface area contributed by atoms with E-state index in [9.17, 15) is 23.1 Å². The minimum absolute atomic E-state index is 0.106. The van der Waals surface area contributed by atoms with Crippen LogP contribution in [0, 0.1) is 0 Å². The molecular formula is C17H21F3N2O4. The zero-order chi connectivity index (χ0) is 19.5. The molecule has 1 aromatic rings. The summed E-state index contributed by atoms with van der Waals surface area (Å²) in [5, 5.41) is 14.1. The van der Waals surface area contributed by atoms with Crippen molar-refractivity contribution in [1.82, 2.24) is 5.01 Å². The maximum atomic E-state index is 13.5. The summed E-state index contributed by atoms with van der Waals surface area (Å²) < 4.78 is 50.5. The lowest BCUT2D eigenvalue weighted by Crippen LogP contribution is -2.56. The highest BCUT2D eigenvalue weighted by Gasteiger charge is 2.63. The molecule has 144 valence electrons. The Kier molecular flexibility index (Phi) is 5.80. The van der Waals surface area contributed by atoms with E-state index in [4.69, 9.17) is 9.47 Å². The molecule has 0 radical (unpaired) electrons. The van der Waals surface area contributed by atoms with Gasteiger partial charge >= 0.3 is 6.18 Å². The van der Waals surface area contributed by atoms with E-state index in [2.05, 4.69) is 5.10 Å². The molecule has 0 saturated heterocycles. The van der Waals surface area contributed by atoms with Gasteiger partial charge < -0.3 is 14.6 Å². The molecule has 0 aromatic heterocycles. The van der Waals surface area contributed by atoms with Gasteiger partial charge in [-0.1, -0.05) is 13.3 Å². The molecule has 1 amide bonds. The molecule has 1 atom stereocenters. The number of amides is 1. The molecule has 1 aliphatic rings. The number of nitrogens with zero attached hydrogens (tertiary/aromatic N) is 2. The van der Waals surface area contributed by atoms with E-state index >= 15 is 0 Å². The fourth-order valence-corrected chi connectivity index (χ4v) is 2.66. The number of hydrogen-bond donors (Lipinski definition) is 1. The Morgan fingerprint density at radius 2 is 1.96 bits per heavy atom. The molecule has 0 unspecified atom stereocenters. The van der Waals surface area contributed by atoms with Crippen LogP contribution in [0.1, 0.15) is 43.0 Å². The van der Waals surface area contributed by atoms with E-state index in [0.717, 1.165) is 6.42 Å². The second-order valence-electron chi connectivity index (χ2n) is 5.95. The van der Waals surface area contributed by atoms with Crippen molar-refractivity contribution in [3.05, 3.63) is 23.8 Å². The number of alkyl halides is 3. The summed E-state index contributed by atoms with van der Waals surface area (Å²) in [7, 11) is 2.74. The number of ether oxygens (including phenoxy) is 2. The largest absolute Gasteiger partial charge is 0.493 e. The molecule has 0 fully saturated rings. The number of rotatable bonds is 6. The molecule has 0 aliphatic carbocycles. The number of methoxy groups -OCH3 is 2. The summed E-state index contributed by atoms with van der Waals surface area (Å²) in [6.45, 7) is 1.89. The van der Waals surface area contributed by atoms with Crippen molar-refractivity contribution in [2.45, 2.75) is 44.5 Å². The highest BCUT2D eigenvalue weighted by molar-refractivity contribution is 5.98. The third kappa shape index (κ3) is 3.62. The van der Waals surface area contributed by atoms with Crippen LogP contribution in [0.2, 0.25) is 0 Å². The molecule has 0 saturated carbocycles. The summed E-state index contributed by atoms with van der Waals surface area (Å²) in [6.07, 6.45) is -4.14. The van der Waals surface area contributed by atoms with Gasteiger partial charge in [0.1, 0.15) is 0 Å². The number of hydrazone groups is 1. The van der Waals surface area contributed by atoms with E-state index in [1.54, 1.807) is 0 Å². The van der Waals surface area contributed by atoms with Crippen LogP contribution in [0.15, 0.2) is 23.3 Å².